The van der Waals surface area contributed by atoms with E-state index >= 15 is 0 Å². The van der Waals surface area contributed by atoms with Crippen LogP contribution in [0.4, 0.5) is 0 Å². The molecule has 1 aliphatic rings. The lowest BCUT2D eigenvalue weighted by molar-refractivity contribution is -0.128. The Morgan fingerprint density at radius 2 is 1.90 bits per heavy atom. The Labute approximate surface area is 125 Å². The molecule has 1 aromatic carbocycles. The largest absolute Gasteiger partial charge is 0.392 e. The first-order valence-corrected chi connectivity index (χ1v) is 7.65. The normalized spacial score (nSPS) is 19.4. The van der Waals surface area contributed by atoms with Crippen molar-refractivity contribution in [3.8, 4) is 0 Å². The van der Waals surface area contributed by atoms with E-state index in [9.17, 15) is 9.90 Å². The first-order valence-electron chi connectivity index (χ1n) is 7.27. The second kappa shape index (κ2) is 6.59. The first-order chi connectivity index (χ1) is 9.54. The number of benzene rings is 1. The summed E-state index contributed by atoms with van der Waals surface area (Å²) >= 11 is 5.94. The number of aliphatic hydroxyl groups excluding tert-OH is 1. The molecule has 1 atom stereocenters. The van der Waals surface area contributed by atoms with Crippen molar-refractivity contribution in [2.75, 3.05) is 6.54 Å². The van der Waals surface area contributed by atoms with E-state index in [-0.39, 0.29) is 5.91 Å². The number of hydrogen-bond acceptors (Lipinski definition) is 2. The van der Waals surface area contributed by atoms with Crippen molar-refractivity contribution in [1.82, 2.24) is 5.32 Å². The van der Waals surface area contributed by atoms with Crippen LogP contribution < -0.4 is 5.32 Å². The summed E-state index contributed by atoms with van der Waals surface area (Å²) in [6.45, 7) is 1.98. The molecule has 0 aliphatic heterocycles. The molecular formula is C16H22ClNO2. The molecule has 0 aromatic heterocycles. The summed E-state index contributed by atoms with van der Waals surface area (Å²) in [5, 5.41) is 12.9. The molecule has 4 heteroatoms. The predicted molar refractivity (Wildman–Crippen MR) is 80.9 cm³/mol. The van der Waals surface area contributed by atoms with Gasteiger partial charge in [-0.25, -0.2) is 0 Å². The van der Waals surface area contributed by atoms with Crippen molar-refractivity contribution < 1.29 is 9.90 Å². The van der Waals surface area contributed by atoms with Gasteiger partial charge < -0.3 is 10.4 Å². The van der Waals surface area contributed by atoms with Crippen LogP contribution >= 0.6 is 11.6 Å². The minimum absolute atomic E-state index is 0.0282. The van der Waals surface area contributed by atoms with E-state index in [1.807, 2.05) is 24.3 Å². The molecule has 110 valence electrons. The first kappa shape index (κ1) is 15.3. The van der Waals surface area contributed by atoms with Crippen LogP contribution in [0.1, 0.15) is 44.6 Å². The second-order valence-corrected chi connectivity index (χ2v) is 6.15. The Morgan fingerprint density at radius 1 is 1.30 bits per heavy atom. The minimum atomic E-state index is -0.523. The van der Waals surface area contributed by atoms with E-state index in [0.717, 1.165) is 31.2 Å². The zero-order valence-electron chi connectivity index (χ0n) is 11.9. The molecule has 0 saturated heterocycles. The van der Waals surface area contributed by atoms with Crippen molar-refractivity contribution in [3.63, 3.8) is 0 Å². The number of halogens is 1. The van der Waals surface area contributed by atoms with Crippen molar-refractivity contribution in [1.29, 1.82) is 0 Å². The average Bonchev–Trinajstić information content (AvgIpc) is 2.46. The Hall–Kier alpha value is -1.06. The van der Waals surface area contributed by atoms with Gasteiger partial charge in [-0.05, 0) is 37.5 Å². The molecule has 0 spiro atoms. The van der Waals surface area contributed by atoms with Gasteiger partial charge in [0.1, 0.15) is 0 Å². The van der Waals surface area contributed by atoms with Crippen LogP contribution in [0.15, 0.2) is 24.3 Å². The molecule has 2 N–H and O–H groups in total. The van der Waals surface area contributed by atoms with Gasteiger partial charge in [0.15, 0.2) is 0 Å². The average molecular weight is 296 g/mol. The predicted octanol–water partition coefficient (Wildman–Crippen LogP) is 3.04. The molecule has 1 saturated carbocycles. The van der Waals surface area contributed by atoms with Crippen molar-refractivity contribution in [2.45, 2.75) is 50.5 Å². The molecule has 0 bridgehead atoms. The Morgan fingerprint density at radius 3 is 2.45 bits per heavy atom. The van der Waals surface area contributed by atoms with Crippen LogP contribution in [0.3, 0.4) is 0 Å². The highest BCUT2D eigenvalue weighted by Gasteiger charge is 2.40. The molecule has 20 heavy (non-hydrogen) atoms. The lowest BCUT2D eigenvalue weighted by atomic mass is 9.68. The van der Waals surface area contributed by atoms with Gasteiger partial charge in [-0.3, -0.25) is 4.79 Å². The highest BCUT2D eigenvalue weighted by molar-refractivity contribution is 6.30. The number of nitrogens with one attached hydrogen (secondary N) is 1. The quantitative estimate of drug-likeness (QED) is 0.897. The van der Waals surface area contributed by atoms with E-state index < -0.39 is 11.5 Å². The number of rotatable bonds is 4. The molecular weight excluding hydrogens is 274 g/mol. The Balaban J connectivity index is 2.25. The molecule has 3 nitrogen and oxygen atoms in total. The SMILES string of the molecule is CC(O)CNC(=O)C1(c2ccc(Cl)cc2)CCCCC1. The fraction of sp³-hybridized carbons (Fsp3) is 0.562. The van der Waals surface area contributed by atoms with Crippen LogP contribution in [-0.2, 0) is 10.2 Å². The zero-order chi connectivity index (χ0) is 14.6. The summed E-state index contributed by atoms with van der Waals surface area (Å²) in [6.07, 6.45) is 4.50. The summed E-state index contributed by atoms with van der Waals surface area (Å²) in [7, 11) is 0. The van der Waals surface area contributed by atoms with Gasteiger partial charge in [0.2, 0.25) is 5.91 Å². The highest BCUT2D eigenvalue weighted by Crippen LogP contribution is 2.40. The molecule has 0 heterocycles. The van der Waals surface area contributed by atoms with Crippen LogP contribution in [0, 0.1) is 0 Å². The lowest BCUT2D eigenvalue weighted by Crippen LogP contribution is -2.47. The monoisotopic (exact) mass is 295 g/mol. The molecule has 1 aliphatic carbocycles. The smallest absolute Gasteiger partial charge is 0.230 e. The molecule has 1 unspecified atom stereocenters. The fourth-order valence-corrected chi connectivity index (χ4v) is 3.11. The number of carbonyl (C=O) groups is 1. The standard InChI is InChI=1S/C16H22ClNO2/c1-12(19)11-18-15(20)16(9-3-2-4-10-16)13-5-7-14(17)8-6-13/h5-8,12,19H,2-4,9-11H2,1H3,(H,18,20). The number of amides is 1. The lowest BCUT2D eigenvalue weighted by Gasteiger charge is -2.36. The third-order valence-electron chi connectivity index (χ3n) is 4.10. The summed E-state index contributed by atoms with van der Waals surface area (Å²) in [5.74, 6) is 0.0282. The van der Waals surface area contributed by atoms with Gasteiger partial charge in [0.05, 0.1) is 11.5 Å². The third kappa shape index (κ3) is 3.33. The van der Waals surface area contributed by atoms with Gasteiger partial charge in [0.25, 0.3) is 0 Å². The van der Waals surface area contributed by atoms with Crippen molar-refractivity contribution in [3.05, 3.63) is 34.9 Å². The van der Waals surface area contributed by atoms with Gasteiger partial charge in [-0.15, -0.1) is 0 Å². The number of carbonyl (C=O) groups excluding carboxylic acids is 1. The van der Waals surface area contributed by atoms with E-state index in [4.69, 9.17) is 11.6 Å². The Kier molecular flexibility index (Phi) is 5.06. The molecule has 1 fully saturated rings. The highest BCUT2D eigenvalue weighted by atomic mass is 35.5. The van der Waals surface area contributed by atoms with Gasteiger partial charge in [0, 0.05) is 11.6 Å². The maximum atomic E-state index is 12.7. The maximum Gasteiger partial charge on any atom is 0.230 e. The fourth-order valence-electron chi connectivity index (χ4n) is 2.98. The minimum Gasteiger partial charge on any atom is -0.392 e. The van der Waals surface area contributed by atoms with Crippen LogP contribution in [0.25, 0.3) is 0 Å². The van der Waals surface area contributed by atoms with Crippen LogP contribution in [-0.4, -0.2) is 23.7 Å². The summed E-state index contributed by atoms with van der Waals surface area (Å²) in [6, 6.07) is 7.59. The molecule has 0 radical (unpaired) electrons. The zero-order valence-corrected chi connectivity index (χ0v) is 12.6. The van der Waals surface area contributed by atoms with Crippen molar-refractivity contribution in [2.24, 2.45) is 0 Å². The Bertz CT molecular complexity index is 450. The molecule has 2 rings (SSSR count). The number of hydrogen-bond donors (Lipinski definition) is 2. The summed E-state index contributed by atoms with van der Waals surface area (Å²) in [5.41, 5.74) is 0.572. The van der Waals surface area contributed by atoms with E-state index in [1.165, 1.54) is 6.42 Å². The topological polar surface area (TPSA) is 49.3 Å². The third-order valence-corrected chi connectivity index (χ3v) is 4.35. The van der Waals surface area contributed by atoms with Crippen LogP contribution in [0.2, 0.25) is 5.02 Å². The summed E-state index contributed by atoms with van der Waals surface area (Å²) < 4.78 is 0. The second-order valence-electron chi connectivity index (χ2n) is 5.71. The summed E-state index contributed by atoms with van der Waals surface area (Å²) in [4.78, 5) is 12.7. The van der Waals surface area contributed by atoms with E-state index in [2.05, 4.69) is 5.32 Å². The maximum absolute atomic E-state index is 12.7. The van der Waals surface area contributed by atoms with Crippen LogP contribution in [0.5, 0.6) is 0 Å². The van der Waals surface area contributed by atoms with E-state index in [0.29, 0.717) is 11.6 Å². The van der Waals surface area contributed by atoms with Gasteiger partial charge >= 0.3 is 0 Å². The molecule has 1 aromatic rings. The molecule has 1 amide bonds. The van der Waals surface area contributed by atoms with Gasteiger partial charge in [-0.2, -0.15) is 0 Å². The van der Waals surface area contributed by atoms with Crippen molar-refractivity contribution >= 4 is 17.5 Å². The van der Waals surface area contributed by atoms with Gasteiger partial charge in [-0.1, -0.05) is 43.0 Å². The van der Waals surface area contributed by atoms with E-state index in [1.54, 1.807) is 6.92 Å². The number of aliphatic hydroxyl groups is 1.